The highest BCUT2D eigenvalue weighted by atomic mass is 16.3. The van der Waals surface area contributed by atoms with Gasteiger partial charge in [-0.3, -0.25) is 4.98 Å². The molecule has 6 heteroatoms. The fourth-order valence-corrected chi connectivity index (χ4v) is 0.963. The van der Waals surface area contributed by atoms with E-state index < -0.39 is 5.54 Å². The summed E-state index contributed by atoms with van der Waals surface area (Å²) < 4.78 is 0. The van der Waals surface area contributed by atoms with E-state index in [1.54, 1.807) is 13.1 Å². The topological polar surface area (TPSA) is 104 Å². The lowest BCUT2D eigenvalue weighted by atomic mass is 10.1. The van der Waals surface area contributed by atoms with Gasteiger partial charge in [-0.25, -0.2) is 4.98 Å². The fourth-order valence-electron chi connectivity index (χ4n) is 0.963. The van der Waals surface area contributed by atoms with E-state index >= 15 is 0 Å². The molecule has 0 saturated heterocycles. The Hall–Kier alpha value is -1.24. The van der Waals surface area contributed by atoms with Gasteiger partial charge in [0.1, 0.15) is 5.82 Å². The predicted molar refractivity (Wildman–Crippen MR) is 56.1 cm³/mol. The third kappa shape index (κ3) is 3.12. The molecule has 1 aromatic heterocycles. The van der Waals surface area contributed by atoms with Crippen molar-refractivity contribution in [2.75, 3.05) is 18.5 Å². The number of aliphatic hydroxyl groups is 2. The molecule has 0 bridgehead atoms. The normalized spacial score (nSPS) is 11.5. The van der Waals surface area contributed by atoms with Gasteiger partial charge in [-0.15, -0.1) is 0 Å². The molecule has 0 aliphatic rings. The molecule has 0 aromatic carbocycles. The monoisotopic (exact) mass is 212 g/mol. The second kappa shape index (κ2) is 5.01. The minimum atomic E-state index is -0.793. The summed E-state index contributed by atoms with van der Waals surface area (Å²) in [5.41, 5.74) is 5.27. The lowest BCUT2D eigenvalue weighted by Gasteiger charge is -2.26. The van der Waals surface area contributed by atoms with Crippen LogP contribution < -0.4 is 11.1 Å². The van der Waals surface area contributed by atoms with E-state index in [9.17, 15) is 0 Å². The summed E-state index contributed by atoms with van der Waals surface area (Å²) >= 11 is 0. The number of aliphatic hydroxyl groups excluding tert-OH is 2. The maximum atomic E-state index is 9.06. The molecule has 84 valence electrons. The molecule has 1 heterocycles. The summed E-state index contributed by atoms with van der Waals surface area (Å²) in [5, 5.41) is 21.0. The molecule has 0 aliphatic carbocycles. The third-order valence-corrected chi connectivity index (χ3v) is 2.04. The molecule has 0 saturated carbocycles. The van der Waals surface area contributed by atoms with Crippen molar-refractivity contribution in [3.05, 3.63) is 18.1 Å². The van der Waals surface area contributed by atoms with Gasteiger partial charge in [0.05, 0.1) is 36.8 Å². The first kappa shape index (κ1) is 11.8. The second-order valence-electron chi connectivity index (χ2n) is 3.60. The van der Waals surface area contributed by atoms with Gasteiger partial charge in [0.2, 0.25) is 0 Å². The summed E-state index contributed by atoms with van der Waals surface area (Å²) in [6, 6.07) is 0. The Labute approximate surface area is 88.2 Å². The Morgan fingerprint density at radius 2 is 2.00 bits per heavy atom. The van der Waals surface area contributed by atoms with Crippen molar-refractivity contribution in [1.82, 2.24) is 9.97 Å². The van der Waals surface area contributed by atoms with Crippen LogP contribution in [0.25, 0.3) is 0 Å². The van der Waals surface area contributed by atoms with Gasteiger partial charge in [-0.05, 0) is 6.92 Å². The summed E-state index contributed by atoms with van der Waals surface area (Å²) in [6.45, 7) is 1.64. The van der Waals surface area contributed by atoms with Crippen LogP contribution in [0.4, 0.5) is 5.82 Å². The van der Waals surface area contributed by atoms with Crippen LogP contribution in [-0.2, 0) is 6.54 Å². The van der Waals surface area contributed by atoms with Crippen molar-refractivity contribution in [2.24, 2.45) is 5.73 Å². The molecule has 0 atom stereocenters. The number of nitrogens with two attached hydrogens (primary N) is 1. The first-order chi connectivity index (χ1) is 7.13. The third-order valence-electron chi connectivity index (χ3n) is 2.04. The van der Waals surface area contributed by atoms with E-state index in [-0.39, 0.29) is 13.2 Å². The standard InChI is InChI=1S/C9H16N4O2/c1-9(5-14,6-15)13-8-4-11-7(2-10)3-12-8/h3-4,14-15H,2,5-6,10H2,1H3,(H,12,13). The maximum absolute atomic E-state index is 9.06. The van der Waals surface area contributed by atoms with Gasteiger partial charge in [-0.1, -0.05) is 0 Å². The Bertz CT molecular complexity index is 297. The highest BCUT2D eigenvalue weighted by Gasteiger charge is 2.22. The van der Waals surface area contributed by atoms with E-state index in [0.717, 1.165) is 0 Å². The predicted octanol–water partition coefficient (Wildman–Crippen LogP) is -0.909. The zero-order valence-corrected chi connectivity index (χ0v) is 8.64. The van der Waals surface area contributed by atoms with Crippen LogP contribution in [0.15, 0.2) is 12.4 Å². The Balaban J connectivity index is 2.71. The van der Waals surface area contributed by atoms with Crippen molar-refractivity contribution < 1.29 is 10.2 Å². The quantitative estimate of drug-likeness (QED) is 0.504. The molecule has 0 aliphatic heterocycles. The van der Waals surface area contributed by atoms with Crippen LogP contribution in [0.2, 0.25) is 0 Å². The molecule has 6 nitrogen and oxygen atoms in total. The van der Waals surface area contributed by atoms with Crippen LogP contribution in [0.3, 0.4) is 0 Å². The molecule has 0 unspecified atom stereocenters. The average Bonchev–Trinajstić information content (AvgIpc) is 2.30. The average molecular weight is 212 g/mol. The molecule has 0 spiro atoms. The first-order valence-electron chi connectivity index (χ1n) is 4.64. The van der Waals surface area contributed by atoms with Gasteiger partial charge < -0.3 is 21.3 Å². The second-order valence-corrected chi connectivity index (χ2v) is 3.60. The Morgan fingerprint density at radius 3 is 2.40 bits per heavy atom. The summed E-state index contributed by atoms with van der Waals surface area (Å²) in [4.78, 5) is 8.09. The van der Waals surface area contributed by atoms with Gasteiger partial charge in [0.15, 0.2) is 0 Å². The number of rotatable bonds is 5. The van der Waals surface area contributed by atoms with Gasteiger partial charge in [0, 0.05) is 6.54 Å². The smallest absolute Gasteiger partial charge is 0.145 e. The first-order valence-corrected chi connectivity index (χ1v) is 4.64. The molecular weight excluding hydrogens is 196 g/mol. The highest BCUT2D eigenvalue weighted by Crippen LogP contribution is 2.10. The summed E-state index contributed by atoms with van der Waals surface area (Å²) in [6.07, 6.45) is 3.07. The van der Waals surface area contributed by atoms with Crippen LogP contribution in [-0.4, -0.2) is 38.9 Å². The van der Waals surface area contributed by atoms with Crippen molar-refractivity contribution in [3.63, 3.8) is 0 Å². The maximum Gasteiger partial charge on any atom is 0.145 e. The SMILES string of the molecule is CC(CO)(CO)Nc1cnc(CN)cn1. The van der Waals surface area contributed by atoms with Crippen molar-refractivity contribution in [1.29, 1.82) is 0 Å². The zero-order chi connectivity index (χ0) is 11.3. The molecule has 1 aromatic rings. The lowest BCUT2D eigenvalue weighted by molar-refractivity contribution is 0.147. The number of aromatic nitrogens is 2. The fraction of sp³-hybridized carbons (Fsp3) is 0.556. The van der Waals surface area contributed by atoms with E-state index in [1.807, 2.05) is 0 Å². The minimum Gasteiger partial charge on any atom is -0.394 e. The van der Waals surface area contributed by atoms with E-state index in [0.29, 0.717) is 18.1 Å². The number of hydrogen-bond acceptors (Lipinski definition) is 6. The molecule has 0 amide bonds. The molecule has 0 fully saturated rings. The van der Waals surface area contributed by atoms with Crippen molar-refractivity contribution in [2.45, 2.75) is 19.0 Å². The Kier molecular flexibility index (Phi) is 3.96. The van der Waals surface area contributed by atoms with Crippen LogP contribution in [0.1, 0.15) is 12.6 Å². The highest BCUT2D eigenvalue weighted by molar-refractivity contribution is 5.34. The molecule has 0 radical (unpaired) electrons. The molecular formula is C9H16N4O2. The van der Waals surface area contributed by atoms with Crippen LogP contribution in [0.5, 0.6) is 0 Å². The van der Waals surface area contributed by atoms with Gasteiger partial charge >= 0.3 is 0 Å². The number of hydrogen-bond donors (Lipinski definition) is 4. The summed E-state index contributed by atoms with van der Waals surface area (Å²) in [7, 11) is 0. The van der Waals surface area contributed by atoms with Crippen LogP contribution in [0, 0.1) is 0 Å². The van der Waals surface area contributed by atoms with Gasteiger partial charge in [0.25, 0.3) is 0 Å². The largest absolute Gasteiger partial charge is 0.394 e. The number of anilines is 1. The van der Waals surface area contributed by atoms with E-state index in [2.05, 4.69) is 15.3 Å². The zero-order valence-electron chi connectivity index (χ0n) is 8.64. The van der Waals surface area contributed by atoms with Gasteiger partial charge in [-0.2, -0.15) is 0 Å². The van der Waals surface area contributed by atoms with Crippen molar-refractivity contribution in [3.8, 4) is 0 Å². The van der Waals surface area contributed by atoms with E-state index in [1.165, 1.54) is 6.20 Å². The molecule has 1 rings (SSSR count). The molecule has 15 heavy (non-hydrogen) atoms. The summed E-state index contributed by atoms with van der Waals surface area (Å²) in [5.74, 6) is 0.498. The number of nitrogens with zero attached hydrogens (tertiary/aromatic N) is 2. The Morgan fingerprint density at radius 1 is 1.33 bits per heavy atom. The lowest BCUT2D eigenvalue weighted by Crippen LogP contribution is -2.42. The van der Waals surface area contributed by atoms with Crippen molar-refractivity contribution >= 4 is 5.82 Å². The number of nitrogens with one attached hydrogen (secondary N) is 1. The minimum absolute atomic E-state index is 0.191. The van der Waals surface area contributed by atoms with Crippen LogP contribution >= 0.6 is 0 Å². The molecule has 5 N–H and O–H groups in total. The van der Waals surface area contributed by atoms with E-state index in [4.69, 9.17) is 15.9 Å².